The Hall–Kier alpha value is -4.04. The average Bonchev–Trinajstić information content (AvgIpc) is 3.12. The predicted octanol–water partition coefficient (Wildman–Crippen LogP) is 4.16. The summed E-state index contributed by atoms with van der Waals surface area (Å²) in [7, 11) is 0. The van der Waals surface area contributed by atoms with Crippen LogP contribution in [0.15, 0.2) is 66.7 Å². The molecule has 0 unspecified atom stereocenters. The number of nitrogens with zero attached hydrogens (tertiary/aromatic N) is 1. The van der Waals surface area contributed by atoms with E-state index in [1.165, 1.54) is 0 Å². The van der Waals surface area contributed by atoms with Crippen LogP contribution in [0.3, 0.4) is 0 Å². The van der Waals surface area contributed by atoms with Gasteiger partial charge in [-0.1, -0.05) is 68.4 Å². The molecular weight excluding hydrogens is 482 g/mol. The van der Waals surface area contributed by atoms with E-state index in [0.717, 1.165) is 21.2 Å². The normalized spacial score (nSPS) is 15.4. The van der Waals surface area contributed by atoms with Gasteiger partial charge in [0, 0.05) is 6.54 Å². The molecule has 198 valence electrons. The Kier molecular flexibility index (Phi) is 8.22. The fraction of sp³-hybridized carbons (Fsp3) is 0.333. The number of carboxylic acid groups (broad SMARTS) is 1. The molecule has 1 aliphatic rings. The number of hydrogen-bond donors (Lipinski definition) is 3. The van der Waals surface area contributed by atoms with E-state index in [1.807, 2.05) is 75.4 Å². The van der Waals surface area contributed by atoms with Crippen LogP contribution in [-0.2, 0) is 9.59 Å². The Bertz CT molecular complexity index is 1300. The van der Waals surface area contributed by atoms with Crippen LogP contribution in [-0.4, -0.2) is 52.3 Å². The Morgan fingerprint density at radius 2 is 1.39 bits per heavy atom. The third-order valence-electron chi connectivity index (χ3n) is 6.86. The number of carbonyl (C=O) groups is 4. The maximum atomic E-state index is 13.2. The third kappa shape index (κ3) is 5.92. The van der Waals surface area contributed by atoms with Crippen molar-refractivity contribution < 1.29 is 24.3 Å². The van der Waals surface area contributed by atoms with Gasteiger partial charge >= 0.3 is 5.97 Å². The van der Waals surface area contributed by atoms with Gasteiger partial charge in [-0.05, 0) is 54.2 Å². The lowest BCUT2D eigenvalue weighted by atomic mass is 10.0. The Labute approximate surface area is 222 Å². The molecule has 3 atom stereocenters. The molecule has 0 aromatic heterocycles. The van der Waals surface area contributed by atoms with Gasteiger partial charge < -0.3 is 10.4 Å². The molecule has 0 spiro atoms. The summed E-state index contributed by atoms with van der Waals surface area (Å²) in [5.41, 5.74) is 1.58. The number of hydrogen-bond acceptors (Lipinski definition) is 5. The number of benzene rings is 3. The zero-order valence-corrected chi connectivity index (χ0v) is 21.8. The lowest BCUT2D eigenvalue weighted by Gasteiger charge is -2.26. The molecule has 8 heteroatoms. The molecule has 0 aliphatic carbocycles. The summed E-state index contributed by atoms with van der Waals surface area (Å²) < 4.78 is 0. The van der Waals surface area contributed by atoms with Crippen molar-refractivity contribution in [1.82, 2.24) is 15.5 Å². The van der Waals surface area contributed by atoms with E-state index in [9.17, 15) is 24.3 Å². The van der Waals surface area contributed by atoms with Crippen molar-refractivity contribution in [2.75, 3.05) is 6.54 Å². The fourth-order valence-electron chi connectivity index (χ4n) is 4.82. The maximum Gasteiger partial charge on any atom is 0.320 e. The van der Waals surface area contributed by atoms with Crippen LogP contribution in [0.1, 0.15) is 65.9 Å². The van der Waals surface area contributed by atoms with E-state index in [2.05, 4.69) is 10.6 Å². The third-order valence-corrected chi connectivity index (χ3v) is 6.86. The van der Waals surface area contributed by atoms with Crippen LogP contribution < -0.4 is 10.6 Å². The summed E-state index contributed by atoms with van der Waals surface area (Å²) in [6, 6.07) is 18.3. The molecule has 3 amide bonds. The van der Waals surface area contributed by atoms with E-state index in [1.54, 1.807) is 12.1 Å². The zero-order chi connectivity index (χ0) is 27.4. The second kappa shape index (κ2) is 11.6. The first-order chi connectivity index (χ1) is 18.2. The number of rotatable bonds is 11. The molecule has 1 aliphatic heterocycles. The summed E-state index contributed by atoms with van der Waals surface area (Å²) in [5.74, 6) is -2.19. The predicted molar refractivity (Wildman–Crippen MR) is 145 cm³/mol. The number of aliphatic carboxylic acids is 1. The van der Waals surface area contributed by atoms with Crippen molar-refractivity contribution in [3.63, 3.8) is 0 Å². The number of imide groups is 1. The van der Waals surface area contributed by atoms with E-state index in [4.69, 9.17) is 0 Å². The Morgan fingerprint density at radius 3 is 1.92 bits per heavy atom. The SMILES string of the molecule is CC(C)C[C@H](N[C@H](CCN1C(=O)c2cc3ccccc3cc2C1=O)C(=O)O)C(=O)N[C@H](C)c1ccccc1. The lowest BCUT2D eigenvalue weighted by Crippen LogP contribution is -2.52. The molecule has 0 saturated heterocycles. The van der Waals surface area contributed by atoms with Gasteiger partial charge in [-0.15, -0.1) is 0 Å². The second-order valence-electron chi connectivity index (χ2n) is 10.2. The van der Waals surface area contributed by atoms with Gasteiger partial charge in [0.1, 0.15) is 6.04 Å². The van der Waals surface area contributed by atoms with Crippen LogP contribution in [0.4, 0.5) is 0 Å². The van der Waals surface area contributed by atoms with Crippen molar-refractivity contribution in [3.05, 3.63) is 83.4 Å². The van der Waals surface area contributed by atoms with Gasteiger partial charge in [0.25, 0.3) is 11.8 Å². The molecule has 8 nitrogen and oxygen atoms in total. The average molecular weight is 516 g/mol. The number of carboxylic acids is 1. The summed E-state index contributed by atoms with van der Waals surface area (Å²) >= 11 is 0. The van der Waals surface area contributed by atoms with Gasteiger partial charge in [-0.2, -0.15) is 0 Å². The van der Waals surface area contributed by atoms with Crippen molar-refractivity contribution in [2.24, 2.45) is 5.92 Å². The van der Waals surface area contributed by atoms with Crippen molar-refractivity contribution in [2.45, 2.75) is 51.7 Å². The number of fused-ring (bicyclic) bond motifs is 2. The first kappa shape index (κ1) is 27.0. The van der Waals surface area contributed by atoms with Gasteiger partial charge in [-0.25, -0.2) is 0 Å². The number of nitrogens with one attached hydrogen (secondary N) is 2. The highest BCUT2D eigenvalue weighted by atomic mass is 16.4. The quantitative estimate of drug-likeness (QED) is 0.330. The molecule has 1 heterocycles. The highest BCUT2D eigenvalue weighted by molar-refractivity contribution is 6.23. The van der Waals surface area contributed by atoms with Crippen LogP contribution in [0, 0.1) is 5.92 Å². The first-order valence-electron chi connectivity index (χ1n) is 12.9. The van der Waals surface area contributed by atoms with Gasteiger partial charge in [0.05, 0.1) is 23.2 Å². The van der Waals surface area contributed by atoms with Crippen LogP contribution in [0.2, 0.25) is 0 Å². The highest BCUT2D eigenvalue weighted by Crippen LogP contribution is 2.28. The van der Waals surface area contributed by atoms with Crippen LogP contribution in [0.5, 0.6) is 0 Å². The Morgan fingerprint density at radius 1 is 0.842 bits per heavy atom. The number of amides is 3. The summed E-state index contributed by atoms with van der Waals surface area (Å²) in [6.07, 6.45) is 0.396. The topological polar surface area (TPSA) is 116 Å². The van der Waals surface area contributed by atoms with Crippen LogP contribution >= 0.6 is 0 Å². The van der Waals surface area contributed by atoms with Gasteiger partial charge in [-0.3, -0.25) is 29.4 Å². The number of carbonyl (C=O) groups excluding carboxylic acids is 3. The molecule has 3 N–H and O–H groups in total. The molecule has 0 saturated carbocycles. The molecule has 3 aromatic carbocycles. The van der Waals surface area contributed by atoms with E-state index >= 15 is 0 Å². The zero-order valence-electron chi connectivity index (χ0n) is 21.8. The van der Waals surface area contributed by atoms with Crippen molar-refractivity contribution >= 4 is 34.5 Å². The van der Waals surface area contributed by atoms with E-state index in [0.29, 0.717) is 17.5 Å². The molecular formula is C30H33N3O5. The smallest absolute Gasteiger partial charge is 0.320 e. The lowest BCUT2D eigenvalue weighted by molar-refractivity contribution is -0.140. The van der Waals surface area contributed by atoms with Crippen molar-refractivity contribution in [3.8, 4) is 0 Å². The second-order valence-corrected chi connectivity index (χ2v) is 10.2. The summed E-state index contributed by atoms with van der Waals surface area (Å²) in [6.45, 7) is 5.71. The van der Waals surface area contributed by atoms with Crippen molar-refractivity contribution in [1.29, 1.82) is 0 Å². The largest absolute Gasteiger partial charge is 0.480 e. The standard InChI is InChI=1S/C30H33N3O5/c1-18(2)15-26(27(34)31-19(3)20-9-5-4-6-10-20)32-25(30(37)38)13-14-33-28(35)23-16-21-11-7-8-12-22(21)17-24(23)29(33)36/h4-12,16-19,25-26,32H,13-15H2,1-3H3,(H,31,34)(H,37,38)/t19-,25-,26+/m1/s1. The van der Waals surface area contributed by atoms with E-state index < -0.39 is 29.9 Å². The molecule has 3 aromatic rings. The van der Waals surface area contributed by atoms with Crippen LogP contribution in [0.25, 0.3) is 10.8 Å². The minimum Gasteiger partial charge on any atom is -0.480 e. The molecule has 0 fully saturated rings. The molecule has 0 bridgehead atoms. The maximum absolute atomic E-state index is 13.2. The molecule has 0 radical (unpaired) electrons. The molecule has 4 rings (SSSR count). The van der Waals surface area contributed by atoms with Gasteiger partial charge in [0.2, 0.25) is 5.91 Å². The van der Waals surface area contributed by atoms with E-state index in [-0.39, 0.29) is 30.8 Å². The molecule has 38 heavy (non-hydrogen) atoms. The summed E-state index contributed by atoms with van der Waals surface area (Å²) in [5, 5.41) is 17.6. The summed E-state index contributed by atoms with van der Waals surface area (Å²) in [4.78, 5) is 52.5. The highest BCUT2D eigenvalue weighted by Gasteiger charge is 2.37. The fourth-order valence-corrected chi connectivity index (χ4v) is 4.82. The van der Waals surface area contributed by atoms with Gasteiger partial charge in [0.15, 0.2) is 0 Å². The minimum atomic E-state index is -1.15. The first-order valence-corrected chi connectivity index (χ1v) is 12.9. The Balaban J connectivity index is 1.45. The monoisotopic (exact) mass is 515 g/mol. The minimum absolute atomic E-state index is 0.0313.